The minimum atomic E-state index is -0.219. The average molecular weight is 213 g/mol. The first kappa shape index (κ1) is 10.2. The van der Waals surface area contributed by atoms with Crippen molar-refractivity contribution < 1.29 is 4.74 Å². The Hall–Kier alpha value is -0.955. The van der Waals surface area contributed by atoms with Gasteiger partial charge < -0.3 is 9.64 Å². The first-order chi connectivity index (χ1) is 7.47. The molecule has 1 atom stereocenters. The van der Waals surface area contributed by atoms with Gasteiger partial charge in [0.15, 0.2) is 0 Å². The summed E-state index contributed by atoms with van der Waals surface area (Å²) in [5, 5.41) is 0. The number of hydrogen-bond acceptors (Lipinski definition) is 2. The Labute approximate surface area is 98.0 Å². The lowest BCUT2D eigenvalue weighted by Gasteiger charge is -2.38. The molecule has 2 radical (unpaired) electrons. The van der Waals surface area contributed by atoms with Gasteiger partial charge in [0.25, 0.3) is 0 Å². The van der Waals surface area contributed by atoms with Crippen LogP contribution in [0.5, 0.6) is 0 Å². The third-order valence-corrected chi connectivity index (χ3v) is 4.36. The molecule has 3 heteroatoms. The Morgan fingerprint density at radius 3 is 2.81 bits per heavy atom. The molecule has 2 aliphatic rings. The zero-order valence-corrected chi connectivity index (χ0v) is 10.1. The molecule has 0 aliphatic carbocycles. The van der Waals surface area contributed by atoms with Crippen LogP contribution < -0.4 is 10.4 Å². The minimum absolute atomic E-state index is 0.0196. The van der Waals surface area contributed by atoms with Crippen molar-refractivity contribution in [2.24, 2.45) is 0 Å². The van der Waals surface area contributed by atoms with Crippen LogP contribution in [0.15, 0.2) is 18.2 Å². The van der Waals surface area contributed by atoms with Crippen LogP contribution in [-0.4, -0.2) is 26.7 Å². The van der Waals surface area contributed by atoms with Gasteiger partial charge in [0.05, 0.1) is 6.61 Å². The Kier molecular flexibility index (Phi) is 1.81. The van der Waals surface area contributed by atoms with Gasteiger partial charge in [-0.1, -0.05) is 31.4 Å². The SMILES string of the molecule is [B]c1ccc2c(c1)C(C)(C)C1(C)OCCN21. The molecule has 1 unspecified atom stereocenters. The minimum Gasteiger partial charge on any atom is -0.353 e. The lowest BCUT2D eigenvalue weighted by Crippen LogP contribution is -2.50. The lowest BCUT2D eigenvalue weighted by molar-refractivity contribution is -0.0250. The highest BCUT2D eigenvalue weighted by molar-refractivity contribution is 6.32. The van der Waals surface area contributed by atoms with Crippen LogP contribution in [-0.2, 0) is 10.2 Å². The van der Waals surface area contributed by atoms with Crippen molar-refractivity contribution >= 4 is 19.0 Å². The van der Waals surface area contributed by atoms with E-state index in [1.807, 2.05) is 6.07 Å². The second-order valence-electron chi connectivity index (χ2n) is 5.38. The molecule has 16 heavy (non-hydrogen) atoms. The van der Waals surface area contributed by atoms with E-state index in [0.29, 0.717) is 0 Å². The molecule has 0 aromatic heterocycles. The molecule has 2 aliphatic heterocycles. The van der Waals surface area contributed by atoms with E-state index in [2.05, 4.69) is 37.8 Å². The quantitative estimate of drug-likeness (QED) is 0.602. The Bertz CT molecular complexity index is 457. The Balaban J connectivity index is 2.26. The highest BCUT2D eigenvalue weighted by Crippen LogP contribution is 2.53. The Morgan fingerprint density at radius 2 is 2.06 bits per heavy atom. The van der Waals surface area contributed by atoms with E-state index in [1.165, 1.54) is 11.3 Å². The van der Waals surface area contributed by atoms with Gasteiger partial charge in [-0.15, -0.1) is 0 Å². The van der Waals surface area contributed by atoms with E-state index in [0.717, 1.165) is 18.6 Å². The van der Waals surface area contributed by atoms with E-state index in [4.69, 9.17) is 12.6 Å². The maximum absolute atomic E-state index is 5.99. The fraction of sp³-hybridized carbons (Fsp3) is 0.538. The van der Waals surface area contributed by atoms with Crippen molar-refractivity contribution in [2.75, 3.05) is 18.1 Å². The summed E-state index contributed by atoms with van der Waals surface area (Å²) in [6.45, 7) is 8.42. The first-order valence-electron chi connectivity index (χ1n) is 5.78. The van der Waals surface area contributed by atoms with Crippen LogP contribution in [0.4, 0.5) is 5.69 Å². The van der Waals surface area contributed by atoms with Gasteiger partial charge >= 0.3 is 0 Å². The molecule has 1 aromatic carbocycles. The maximum Gasteiger partial charge on any atom is 0.147 e. The van der Waals surface area contributed by atoms with Gasteiger partial charge in [-0.3, -0.25) is 0 Å². The van der Waals surface area contributed by atoms with Gasteiger partial charge in [0.2, 0.25) is 0 Å². The first-order valence-corrected chi connectivity index (χ1v) is 5.78. The number of ether oxygens (including phenoxy) is 1. The van der Waals surface area contributed by atoms with E-state index in [1.54, 1.807) is 0 Å². The molecule has 2 heterocycles. The Morgan fingerprint density at radius 1 is 1.31 bits per heavy atom. The highest BCUT2D eigenvalue weighted by Gasteiger charge is 2.57. The summed E-state index contributed by atoms with van der Waals surface area (Å²) in [5.41, 5.74) is 3.17. The zero-order chi connectivity index (χ0) is 11.6. The number of anilines is 1. The van der Waals surface area contributed by atoms with E-state index in [-0.39, 0.29) is 11.1 Å². The third kappa shape index (κ3) is 0.976. The molecule has 0 spiro atoms. The molecule has 1 fully saturated rings. The van der Waals surface area contributed by atoms with Gasteiger partial charge in [-0.25, -0.2) is 0 Å². The summed E-state index contributed by atoms with van der Waals surface area (Å²) >= 11 is 0. The van der Waals surface area contributed by atoms with Gasteiger partial charge in [0, 0.05) is 17.6 Å². The average Bonchev–Trinajstić information content (AvgIpc) is 2.67. The van der Waals surface area contributed by atoms with Crippen LogP contribution in [0.1, 0.15) is 26.3 Å². The number of benzene rings is 1. The fourth-order valence-electron chi connectivity index (χ4n) is 3.03. The molecule has 0 bridgehead atoms. The van der Waals surface area contributed by atoms with Crippen molar-refractivity contribution in [2.45, 2.75) is 31.9 Å². The van der Waals surface area contributed by atoms with E-state index < -0.39 is 0 Å². The summed E-state index contributed by atoms with van der Waals surface area (Å²) < 4.78 is 5.99. The lowest BCUT2D eigenvalue weighted by atomic mass is 9.77. The molecule has 2 nitrogen and oxygen atoms in total. The second-order valence-corrected chi connectivity index (χ2v) is 5.38. The molecular formula is C13H16BNO. The maximum atomic E-state index is 5.99. The standard InChI is InChI=1S/C13H16BNO/c1-12(2)10-8-9(14)4-5-11(10)15-6-7-16-13(12,15)3/h4-5,8H,6-7H2,1-3H3. The van der Waals surface area contributed by atoms with Crippen molar-refractivity contribution in [1.29, 1.82) is 0 Å². The van der Waals surface area contributed by atoms with Crippen molar-refractivity contribution in [3.8, 4) is 0 Å². The number of nitrogens with zero attached hydrogens (tertiary/aromatic N) is 1. The summed E-state index contributed by atoms with van der Waals surface area (Å²) in [4.78, 5) is 2.36. The predicted molar refractivity (Wildman–Crippen MR) is 66.6 cm³/mol. The number of fused-ring (bicyclic) bond motifs is 3. The molecule has 0 saturated carbocycles. The van der Waals surface area contributed by atoms with Crippen LogP contribution in [0.25, 0.3) is 0 Å². The number of rotatable bonds is 0. The molecule has 82 valence electrons. The molecule has 0 amide bonds. The van der Waals surface area contributed by atoms with E-state index in [9.17, 15) is 0 Å². The summed E-state index contributed by atoms with van der Waals surface area (Å²) in [7, 11) is 5.89. The van der Waals surface area contributed by atoms with Crippen LogP contribution in [0, 0.1) is 0 Å². The largest absolute Gasteiger partial charge is 0.353 e. The van der Waals surface area contributed by atoms with Gasteiger partial charge in [-0.05, 0) is 18.6 Å². The summed E-state index contributed by atoms with van der Waals surface area (Å²) in [6.07, 6.45) is 0. The van der Waals surface area contributed by atoms with Gasteiger partial charge in [-0.2, -0.15) is 0 Å². The van der Waals surface area contributed by atoms with Crippen LogP contribution in [0.2, 0.25) is 0 Å². The summed E-state index contributed by atoms with van der Waals surface area (Å²) in [6, 6.07) is 6.17. The molecule has 0 N–H and O–H groups in total. The van der Waals surface area contributed by atoms with Crippen LogP contribution in [0.3, 0.4) is 0 Å². The third-order valence-electron chi connectivity index (χ3n) is 4.36. The fourth-order valence-corrected chi connectivity index (χ4v) is 3.03. The van der Waals surface area contributed by atoms with Crippen molar-refractivity contribution in [3.63, 3.8) is 0 Å². The molecule has 1 saturated heterocycles. The molecule has 1 aromatic rings. The smallest absolute Gasteiger partial charge is 0.147 e. The van der Waals surface area contributed by atoms with Gasteiger partial charge in [0.1, 0.15) is 13.6 Å². The molecule has 3 rings (SSSR count). The zero-order valence-electron chi connectivity index (χ0n) is 10.1. The number of hydrogen-bond donors (Lipinski definition) is 0. The van der Waals surface area contributed by atoms with Crippen molar-refractivity contribution in [3.05, 3.63) is 23.8 Å². The van der Waals surface area contributed by atoms with Crippen LogP contribution >= 0.6 is 0 Å². The monoisotopic (exact) mass is 213 g/mol. The van der Waals surface area contributed by atoms with E-state index >= 15 is 0 Å². The second kappa shape index (κ2) is 2.83. The topological polar surface area (TPSA) is 12.5 Å². The normalized spacial score (nSPS) is 30.3. The summed E-state index contributed by atoms with van der Waals surface area (Å²) in [5.74, 6) is 0. The predicted octanol–water partition coefficient (Wildman–Crippen LogP) is 1.32. The van der Waals surface area contributed by atoms with Crippen molar-refractivity contribution in [1.82, 2.24) is 0 Å². The highest BCUT2D eigenvalue weighted by atomic mass is 16.5. The molecular weight excluding hydrogens is 197 g/mol.